The molecule has 0 aromatic carbocycles. The molecule has 1 amide bonds. The molecule has 1 N–H and O–H groups in total. The number of nitrogens with zero attached hydrogens (tertiary/aromatic N) is 1. The molecule has 0 bridgehead atoms. The Balaban J connectivity index is 2.21. The first kappa shape index (κ1) is 12.2. The Labute approximate surface area is 92.5 Å². The van der Waals surface area contributed by atoms with Crippen LogP contribution >= 0.6 is 0 Å². The zero-order valence-electron chi connectivity index (χ0n) is 9.50. The average molecular weight is 210 g/mol. The second-order valence-corrected chi connectivity index (χ2v) is 4.14. The summed E-state index contributed by atoms with van der Waals surface area (Å²) in [5.41, 5.74) is 0. The number of rotatable bonds is 4. The van der Waals surface area contributed by atoms with Crippen LogP contribution in [-0.4, -0.2) is 37.0 Å². The molecule has 1 aliphatic rings. The van der Waals surface area contributed by atoms with Gasteiger partial charge in [-0.2, -0.15) is 0 Å². The lowest BCUT2D eigenvalue weighted by Gasteiger charge is -2.23. The Hall–Kier alpha value is -0.830. The molecule has 3 nitrogen and oxygen atoms in total. The third kappa shape index (κ3) is 5.57. The highest BCUT2D eigenvalue weighted by Crippen LogP contribution is 2.09. The fourth-order valence-corrected chi connectivity index (χ4v) is 1.92. The highest BCUT2D eigenvalue weighted by atomic mass is 16.2. The standard InChI is InChI=1S/C12H22N2O/c1-2-8-13-12(15)11-14-9-6-4-3-5-7-10-14/h2H,1,3-11H2,(H,13,15). The topological polar surface area (TPSA) is 32.3 Å². The van der Waals surface area contributed by atoms with Crippen LogP contribution in [0.4, 0.5) is 0 Å². The largest absolute Gasteiger partial charge is 0.352 e. The van der Waals surface area contributed by atoms with Crippen molar-refractivity contribution < 1.29 is 4.79 Å². The molecule has 0 unspecified atom stereocenters. The maximum absolute atomic E-state index is 11.5. The molecule has 0 saturated carbocycles. The van der Waals surface area contributed by atoms with Crippen molar-refractivity contribution in [2.24, 2.45) is 0 Å². The van der Waals surface area contributed by atoms with Gasteiger partial charge in [0.05, 0.1) is 6.54 Å². The molecule has 1 heterocycles. The smallest absolute Gasteiger partial charge is 0.234 e. The van der Waals surface area contributed by atoms with Gasteiger partial charge in [0, 0.05) is 6.54 Å². The number of amides is 1. The molecule has 3 heteroatoms. The van der Waals surface area contributed by atoms with Crippen LogP contribution in [0.1, 0.15) is 32.1 Å². The van der Waals surface area contributed by atoms with Gasteiger partial charge in [-0.15, -0.1) is 6.58 Å². The second-order valence-electron chi connectivity index (χ2n) is 4.14. The van der Waals surface area contributed by atoms with Crippen LogP contribution in [0.3, 0.4) is 0 Å². The molecule has 0 aromatic heterocycles. The number of carbonyl (C=O) groups is 1. The first-order chi connectivity index (χ1) is 7.33. The van der Waals surface area contributed by atoms with Gasteiger partial charge in [-0.1, -0.05) is 25.3 Å². The summed E-state index contributed by atoms with van der Waals surface area (Å²) in [4.78, 5) is 13.7. The molecule has 0 atom stereocenters. The van der Waals surface area contributed by atoms with Gasteiger partial charge in [-0.05, 0) is 25.9 Å². The van der Waals surface area contributed by atoms with Crippen LogP contribution in [0.15, 0.2) is 12.7 Å². The van der Waals surface area contributed by atoms with Gasteiger partial charge in [0.15, 0.2) is 0 Å². The van der Waals surface area contributed by atoms with Crippen molar-refractivity contribution in [3.63, 3.8) is 0 Å². The van der Waals surface area contributed by atoms with E-state index < -0.39 is 0 Å². The second kappa shape index (κ2) is 7.46. The van der Waals surface area contributed by atoms with E-state index in [1.165, 1.54) is 32.1 Å². The van der Waals surface area contributed by atoms with Crippen molar-refractivity contribution in [2.75, 3.05) is 26.2 Å². The summed E-state index contributed by atoms with van der Waals surface area (Å²) in [6, 6.07) is 0. The first-order valence-electron chi connectivity index (χ1n) is 5.93. The van der Waals surface area contributed by atoms with Gasteiger partial charge in [0.25, 0.3) is 0 Å². The summed E-state index contributed by atoms with van der Waals surface area (Å²) in [6.07, 6.45) is 8.15. The van der Waals surface area contributed by atoms with Crippen LogP contribution in [-0.2, 0) is 4.79 Å². The lowest BCUT2D eigenvalue weighted by molar-refractivity contribution is -0.122. The number of hydrogen-bond acceptors (Lipinski definition) is 2. The molecule has 1 fully saturated rings. The highest BCUT2D eigenvalue weighted by molar-refractivity contribution is 5.78. The van der Waals surface area contributed by atoms with Crippen molar-refractivity contribution in [2.45, 2.75) is 32.1 Å². The van der Waals surface area contributed by atoms with Crippen LogP contribution in [0.5, 0.6) is 0 Å². The molecule has 1 aliphatic heterocycles. The highest BCUT2D eigenvalue weighted by Gasteiger charge is 2.11. The molecule has 0 aliphatic carbocycles. The third-order valence-corrected chi connectivity index (χ3v) is 2.76. The van der Waals surface area contributed by atoms with E-state index in [0.29, 0.717) is 13.1 Å². The monoisotopic (exact) mass is 210 g/mol. The van der Waals surface area contributed by atoms with Crippen LogP contribution in [0.2, 0.25) is 0 Å². The van der Waals surface area contributed by atoms with Crippen LogP contribution in [0.25, 0.3) is 0 Å². The summed E-state index contributed by atoms with van der Waals surface area (Å²) in [6.45, 7) is 6.85. The molecule has 1 saturated heterocycles. The normalized spacial score (nSPS) is 18.9. The van der Waals surface area contributed by atoms with Crippen LogP contribution in [0, 0.1) is 0 Å². The van der Waals surface area contributed by atoms with Gasteiger partial charge in [0.1, 0.15) is 0 Å². The maximum Gasteiger partial charge on any atom is 0.234 e. The molecule has 1 rings (SSSR count). The van der Waals surface area contributed by atoms with Crippen molar-refractivity contribution >= 4 is 5.91 Å². The summed E-state index contributed by atoms with van der Waals surface area (Å²) in [5.74, 6) is 0.121. The van der Waals surface area contributed by atoms with E-state index in [9.17, 15) is 4.79 Å². The Kier molecular flexibility index (Phi) is 6.09. The molecule has 86 valence electrons. The quantitative estimate of drug-likeness (QED) is 0.714. The Morgan fingerprint density at radius 2 is 1.80 bits per heavy atom. The maximum atomic E-state index is 11.5. The third-order valence-electron chi connectivity index (χ3n) is 2.76. The first-order valence-corrected chi connectivity index (χ1v) is 5.93. The van der Waals surface area contributed by atoms with Gasteiger partial charge in [0.2, 0.25) is 5.91 Å². The lowest BCUT2D eigenvalue weighted by atomic mass is 10.1. The Morgan fingerprint density at radius 1 is 1.20 bits per heavy atom. The molecule has 15 heavy (non-hydrogen) atoms. The van der Waals surface area contributed by atoms with E-state index in [1.54, 1.807) is 6.08 Å². The zero-order valence-corrected chi connectivity index (χ0v) is 9.50. The zero-order chi connectivity index (χ0) is 10.9. The Morgan fingerprint density at radius 3 is 2.40 bits per heavy atom. The minimum absolute atomic E-state index is 0.121. The van der Waals surface area contributed by atoms with Gasteiger partial charge >= 0.3 is 0 Å². The molecule has 0 radical (unpaired) electrons. The van der Waals surface area contributed by atoms with E-state index in [0.717, 1.165) is 13.1 Å². The fraction of sp³-hybridized carbons (Fsp3) is 0.750. The van der Waals surface area contributed by atoms with E-state index in [1.807, 2.05) is 0 Å². The van der Waals surface area contributed by atoms with Crippen molar-refractivity contribution in [3.05, 3.63) is 12.7 Å². The van der Waals surface area contributed by atoms with Gasteiger partial charge in [-0.3, -0.25) is 9.69 Å². The molecular formula is C12H22N2O. The van der Waals surface area contributed by atoms with Crippen molar-refractivity contribution in [1.82, 2.24) is 10.2 Å². The average Bonchev–Trinajstić information content (AvgIpc) is 2.19. The molecule has 0 spiro atoms. The summed E-state index contributed by atoms with van der Waals surface area (Å²) < 4.78 is 0. The number of nitrogens with one attached hydrogen (secondary N) is 1. The van der Waals surface area contributed by atoms with Gasteiger partial charge < -0.3 is 5.32 Å². The molecule has 0 aromatic rings. The van der Waals surface area contributed by atoms with Crippen molar-refractivity contribution in [1.29, 1.82) is 0 Å². The number of hydrogen-bond donors (Lipinski definition) is 1. The van der Waals surface area contributed by atoms with E-state index >= 15 is 0 Å². The fourth-order valence-electron chi connectivity index (χ4n) is 1.92. The Bertz CT molecular complexity index is 196. The van der Waals surface area contributed by atoms with Crippen LogP contribution < -0.4 is 5.32 Å². The minimum Gasteiger partial charge on any atom is -0.352 e. The SMILES string of the molecule is C=CCNC(=O)CN1CCCCCCC1. The predicted octanol–water partition coefficient (Wildman–Crippen LogP) is 1.55. The number of likely N-dealkylation sites (tertiary alicyclic amines) is 1. The summed E-state index contributed by atoms with van der Waals surface area (Å²) >= 11 is 0. The number of carbonyl (C=O) groups excluding carboxylic acids is 1. The van der Waals surface area contributed by atoms with Crippen molar-refractivity contribution in [3.8, 4) is 0 Å². The predicted molar refractivity (Wildman–Crippen MR) is 62.7 cm³/mol. The minimum atomic E-state index is 0.121. The molecular weight excluding hydrogens is 188 g/mol. The van der Waals surface area contributed by atoms with E-state index in [4.69, 9.17) is 0 Å². The summed E-state index contributed by atoms with van der Waals surface area (Å²) in [7, 11) is 0. The summed E-state index contributed by atoms with van der Waals surface area (Å²) in [5, 5.41) is 2.82. The van der Waals surface area contributed by atoms with Gasteiger partial charge in [-0.25, -0.2) is 0 Å². The lowest BCUT2D eigenvalue weighted by Crippen LogP contribution is -2.38. The van der Waals surface area contributed by atoms with E-state index in [2.05, 4.69) is 16.8 Å². The van der Waals surface area contributed by atoms with E-state index in [-0.39, 0.29) is 5.91 Å².